The van der Waals surface area contributed by atoms with E-state index >= 15 is 0 Å². The Kier molecular flexibility index (Phi) is 5.98. The molecule has 0 N–H and O–H groups in total. The summed E-state index contributed by atoms with van der Waals surface area (Å²) in [5, 5.41) is 0.553. The number of nitrogens with zero attached hydrogens (tertiary/aromatic N) is 1. The molecule has 0 heterocycles. The second kappa shape index (κ2) is 7.61. The van der Waals surface area contributed by atoms with Crippen molar-refractivity contribution in [1.29, 1.82) is 0 Å². The maximum absolute atomic E-state index is 13.0. The third-order valence-electron chi connectivity index (χ3n) is 3.09. The molecule has 2 rings (SSSR count). The Hall–Kier alpha value is -1.47. The SMILES string of the molecule is COC(=O)CN(c1c(Cl)cccc1Cl)S(=O)(=O)c1ccc(Cl)cc1. The normalized spacial score (nSPS) is 11.2. The molecule has 24 heavy (non-hydrogen) atoms. The van der Waals surface area contributed by atoms with Crippen molar-refractivity contribution in [3.63, 3.8) is 0 Å². The van der Waals surface area contributed by atoms with Crippen LogP contribution in [0.15, 0.2) is 47.4 Å². The number of sulfonamides is 1. The summed E-state index contributed by atoms with van der Waals surface area (Å²) in [6.45, 7) is -0.578. The van der Waals surface area contributed by atoms with Crippen LogP contribution < -0.4 is 4.31 Å². The molecule has 0 aliphatic rings. The summed E-state index contributed by atoms with van der Waals surface area (Å²) in [4.78, 5) is 11.7. The van der Waals surface area contributed by atoms with E-state index in [0.717, 1.165) is 11.4 Å². The fourth-order valence-electron chi connectivity index (χ4n) is 1.93. The lowest BCUT2D eigenvalue weighted by Crippen LogP contribution is -2.36. The van der Waals surface area contributed by atoms with Crippen LogP contribution in [0.3, 0.4) is 0 Å². The maximum atomic E-state index is 13.0. The average molecular weight is 409 g/mol. The Morgan fingerprint density at radius 3 is 2.08 bits per heavy atom. The molecule has 9 heteroatoms. The van der Waals surface area contributed by atoms with Crippen molar-refractivity contribution in [1.82, 2.24) is 0 Å². The van der Waals surface area contributed by atoms with Gasteiger partial charge < -0.3 is 4.74 Å². The topological polar surface area (TPSA) is 63.7 Å². The molecular weight excluding hydrogens is 397 g/mol. The number of carbonyl (C=O) groups is 1. The molecule has 0 amide bonds. The summed E-state index contributed by atoms with van der Waals surface area (Å²) in [6.07, 6.45) is 0. The lowest BCUT2D eigenvalue weighted by Gasteiger charge is -2.25. The smallest absolute Gasteiger partial charge is 0.326 e. The second-order valence-corrected chi connectivity index (χ2v) is 7.73. The molecule has 0 aromatic heterocycles. The van der Waals surface area contributed by atoms with Crippen LogP contribution >= 0.6 is 34.8 Å². The molecule has 2 aromatic carbocycles. The summed E-state index contributed by atoms with van der Waals surface area (Å²) in [6, 6.07) is 10.0. The van der Waals surface area contributed by atoms with Crippen molar-refractivity contribution in [2.24, 2.45) is 0 Å². The monoisotopic (exact) mass is 407 g/mol. The first-order valence-electron chi connectivity index (χ1n) is 6.56. The number of anilines is 1. The van der Waals surface area contributed by atoms with Gasteiger partial charge in [0.2, 0.25) is 0 Å². The standard InChI is InChI=1S/C15H12Cl3NO4S/c1-23-14(20)9-19(15-12(17)3-2-4-13(15)18)24(21,22)11-7-5-10(16)6-8-11/h2-8H,9H2,1H3. The summed E-state index contributed by atoms with van der Waals surface area (Å²) in [7, 11) is -2.96. The van der Waals surface area contributed by atoms with Crippen molar-refractivity contribution in [3.8, 4) is 0 Å². The number of ether oxygens (including phenoxy) is 1. The van der Waals surface area contributed by atoms with Crippen LogP contribution in [-0.4, -0.2) is 28.0 Å². The number of hydrogen-bond acceptors (Lipinski definition) is 4. The third kappa shape index (κ3) is 3.95. The van der Waals surface area contributed by atoms with E-state index in [1.54, 1.807) is 6.07 Å². The van der Waals surface area contributed by atoms with Gasteiger partial charge in [0.1, 0.15) is 6.54 Å². The van der Waals surface area contributed by atoms with E-state index in [4.69, 9.17) is 34.8 Å². The largest absolute Gasteiger partial charge is 0.468 e. The Bertz CT molecular complexity index is 833. The highest BCUT2D eigenvalue weighted by Gasteiger charge is 2.30. The summed E-state index contributed by atoms with van der Waals surface area (Å²) >= 11 is 18.0. The number of methoxy groups -OCH3 is 1. The number of carbonyl (C=O) groups excluding carboxylic acids is 1. The molecule has 0 radical (unpaired) electrons. The molecule has 5 nitrogen and oxygen atoms in total. The van der Waals surface area contributed by atoms with Crippen molar-refractivity contribution in [2.45, 2.75) is 4.90 Å². The zero-order valence-corrected chi connectivity index (χ0v) is 15.5. The molecule has 0 spiro atoms. The van der Waals surface area contributed by atoms with Gasteiger partial charge in [0, 0.05) is 5.02 Å². The summed E-state index contributed by atoms with van der Waals surface area (Å²) < 4.78 is 31.3. The van der Waals surface area contributed by atoms with Crippen molar-refractivity contribution >= 4 is 56.5 Å². The van der Waals surface area contributed by atoms with Crippen LogP contribution in [0.4, 0.5) is 5.69 Å². The van der Waals surface area contributed by atoms with Gasteiger partial charge in [-0.2, -0.15) is 0 Å². The van der Waals surface area contributed by atoms with Gasteiger partial charge in [-0.3, -0.25) is 9.10 Å². The average Bonchev–Trinajstić information content (AvgIpc) is 2.53. The number of halogens is 3. The highest BCUT2D eigenvalue weighted by molar-refractivity contribution is 7.92. The van der Waals surface area contributed by atoms with Crippen molar-refractivity contribution in [2.75, 3.05) is 18.0 Å². The zero-order valence-electron chi connectivity index (χ0n) is 12.4. The highest BCUT2D eigenvalue weighted by Crippen LogP contribution is 2.36. The zero-order chi connectivity index (χ0) is 17.9. The minimum atomic E-state index is -4.12. The minimum absolute atomic E-state index is 0.00110. The molecule has 0 unspecified atom stereocenters. The molecule has 0 saturated heterocycles. The first kappa shape index (κ1) is 18.9. The van der Waals surface area contributed by atoms with E-state index in [1.807, 2.05) is 0 Å². The van der Waals surface area contributed by atoms with E-state index in [0.29, 0.717) is 5.02 Å². The van der Waals surface area contributed by atoms with Crippen LogP contribution in [0, 0.1) is 0 Å². The molecule has 0 saturated carbocycles. The number of rotatable bonds is 5. The summed E-state index contributed by atoms with van der Waals surface area (Å²) in [5.41, 5.74) is 0.00110. The molecule has 2 aromatic rings. The van der Waals surface area contributed by atoms with Crippen molar-refractivity contribution in [3.05, 3.63) is 57.5 Å². The van der Waals surface area contributed by atoms with Gasteiger partial charge in [0.15, 0.2) is 0 Å². The first-order valence-corrected chi connectivity index (χ1v) is 9.14. The second-order valence-electron chi connectivity index (χ2n) is 4.61. The van der Waals surface area contributed by atoms with E-state index in [-0.39, 0.29) is 20.6 Å². The van der Waals surface area contributed by atoms with E-state index in [1.165, 1.54) is 36.4 Å². The number of hydrogen-bond donors (Lipinski definition) is 0. The quantitative estimate of drug-likeness (QED) is 0.701. The maximum Gasteiger partial charge on any atom is 0.326 e. The lowest BCUT2D eigenvalue weighted by molar-refractivity contribution is -0.138. The van der Waals surface area contributed by atoms with E-state index in [9.17, 15) is 13.2 Å². The van der Waals surface area contributed by atoms with Gasteiger partial charge in [-0.15, -0.1) is 0 Å². The molecule has 0 aliphatic carbocycles. The Morgan fingerprint density at radius 2 is 1.58 bits per heavy atom. The third-order valence-corrected chi connectivity index (χ3v) is 5.71. The van der Waals surface area contributed by atoms with Crippen molar-refractivity contribution < 1.29 is 17.9 Å². The highest BCUT2D eigenvalue weighted by atomic mass is 35.5. The van der Waals surface area contributed by atoms with Crippen LogP contribution in [0.2, 0.25) is 15.1 Å². The van der Waals surface area contributed by atoms with E-state index < -0.39 is 22.5 Å². The molecule has 0 fully saturated rings. The predicted octanol–water partition coefficient (Wildman–Crippen LogP) is 4.02. The molecular formula is C15H12Cl3NO4S. The fourth-order valence-corrected chi connectivity index (χ4v) is 4.20. The van der Waals surface area contributed by atoms with Gasteiger partial charge in [0.05, 0.1) is 27.7 Å². The molecule has 0 aliphatic heterocycles. The summed E-state index contributed by atoms with van der Waals surface area (Å²) in [5.74, 6) is -0.761. The van der Waals surface area contributed by atoms with Gasteiger partial charge in [-0.25, -0.2) is 8.42 Å². The molecule has 128 valence electrons. The molecule has 0 bridgehead atoms. The van der Waals surface area contributed by atoms with Gasteiger partial charge in [0.25, 0.3) is 10.0 Å². The Labute approximate surface area is 154 Å². The molecule has 0 atom stereocenters. The number of esters is 1. The number of para-hydroxylation sites is 1. The van der Waals surface area contributed by atoms with Crippen LogP contribution in [-0.2, 0) is 19.6 Å². The predicted molar refractivity (Wildman–Crippen MR) is 94.5 cm³/mol. The van der Waals surface area contributed by atoms with Crippen LogP contribution in [0.1, 0.15) is 0 Å². The minimum Gasteiger partial charge on any atom is -0.468 e. The van der Waals surface area contributed by atoms with Crippen LogP contribution in [0.5, 0.6) is 0 Å². The van der Waals surface area contributed by atoms with Gasteiger partial charge in [-0.05, 0) is 36.4 Å². The van der Waals surface area contributed by atoms with Gasteiger partial charge >= 0.3 is 5.97 Å². The Balaban J connectivity index is 2.62. The fraction of sp³-hybridized carbons (Fsp3) is 0.133. The van der Waals surface area contributed by atoms with E-state index in [2.05, 4.69) is 4.74 Å². The van der Waals surface area contributed by atoms with Gasteiger partial charge in [-0.1, -0.05) is 40.9 Å². The Morgan fingerprint density at radius 1 is 1.04 bits per heavy atom. The first-order chi connectivity index (χ1) is 11.3. The lowest BCUT2D eigenvalue weighted by atomic mass is 10.3. The van der Waals surface area contributed by atoms with Crippen LogP contribution in [0.25, 0.3) is 0 Å². The number of benzene rings is 2.